The molecule has 0 fully saturated rings. The average molecular weight is 404 g/mol. The number of H-pyrrole nitrogens is 2. The number of ether oxygens (including phenoxy) is 2. The molecule has 0 bridgehead atoms. The van der Waals surface area contributed by atoms with Gasteiger partial charge in [-0.3, -0.25) is 4.79 Å². The summed E-state index contributed by atoms with van der Waals surface area (Å²) >= 11 is 0. The molecule has 152 valence electrons. The predicted molar refractivity (Wildman–Crippen MR) is 118 cm³/mol. The first-order valence-electron chi connectivity index (χ1n) is 9.22. The van der Waals surface area contributed by atoms with E-state index >= 15 is 0 Å². The van der Waals surface area contributed by atoms with Gasteiger partial charge in [-0.15, -0.1) is 4.68 Å². The Hall–Kier alpha value is -4.07. The number of benzene rings is 2. The van der Waals surface area contributed by atoms with Crippen LogP contribution in [0, 0.1) is 0 Å². The third-order valence-electron chi connectivity index (χ3n) is 4.70. The topological polar surface area (TPSA) is 101 Å². The van der Waals surface area contributed by atoms with Gasteiger partial charge in [0.2, 0.25) is 0 Å². The Balaban J connectivity index is 1.82. The fourth-order valence-corrected chi connectivity index (χ4v) is 3.27. The van der Waals surface area contributed by atoms with Crippen molar-refractivity contribution in [2.45, 2.75) is 6.92 Å². The molecule has 0 spiro atoms. The van der Waals surface area contributed by atoms with E-state index in [1.165, 1.54) is 20.4 Å². The van der Waals surface area contributed by atoms with Gasteiger partial charge in [0.25, 0.3) is 0 Å². The molecular formula is C22H20N4O4. The summed E-state index contributed by atoms with van der Waals surface area (Å²) < 4.78 is 11.4. The van der Waals surface area contributed by atoms with E-state index in [1.54, 1.807) is 12.1 Å². The molecular weight excluding hydrogens is 384 g/mol. The van der Waals surface area contributed by atoms with Crippen LogP contribution in [-0.4, -0.2) is 35.1 Å². The van der Waals surface area contributed by atoms with E-state index in [2.05, 4.69) is 15.1 Å². The number of fused-ring (bicyclic) bond motifs is 3. The smallest absolute Gasteiger partial charge is 0.350 e. The monoisotopic (exact) mass is 404 g/mol. The second kappa shape index (κ2) is 7.75. The van der Waals surface area contributed by atoms with E-state index < -0.39 is 11.2 Å². The molecule has 4 rings (SSSR count). The highest BCUT2D eigenvalue weighted by Crippen LogP contribution is 2.34. The molecule has 0 atom stereocenters. The Morgan fingerprint density at radius 3 is 2.40 bits per heavy atom. The summed E-state index contributed by atoms with van der Waals surface area (Å²) in [7, 11) is 3.05. The van der Waals surface area contributed by atoms with Crippen molar-refractivity contribution in [3.63, 3.8) is 0 Å². The van der Waals surface area contributed by atoms with Gasteiger partial charge in [0.1, 0.15) is 5.52 Å². The maximum Gasteiger partial charge on any atom is 0.350 e. The van der Waals surface area contributed by atoms with Crippen molar-refractivity contribution in [3.8, 4) is 11.5 Å². The van der Waals surface area contributed by atoms with Crippen molar-refractivity contribution in [2.24, 2.45) is 5.10 Å². The lowest BCUT2D eigenvalue weighted by Crippen LogP contribution is -2.32. The number of hydrogen-bond acceptors (Lipinski definition) is 5. The third kappa shape index (κ3) is 3.39. The Labute approximate surface area is 171 Å². The van der Waals surface area contributed by atoms with Gasteiger partial charge < -0.3 is 19.4 Å². The van der Waals surface area contributed by atoms with Gasteiger partial charge in [0.05, 0.1) is 31.5 Å². The molecule has 0 aliphatic heterocycles. The number of allylic oxidation sites excluding steroid dienone is 1. The van der Waals surface area contributed by atoms with Gasteiger partial charge in [-0.1, -0.05) is 36.4 Å². The number of methoxy groups -OCH3 is 2. The van der Waals surface area contributed by atoms with Crippen molar-refractivity contribution in [3.05, 3.63) is 74.4 Å². The number of hydrogen-bond donors (Lipinski definition) is 2. The molecule has 4 aromatic rings. The van der Waals surface area contributed by atoms with Crippen LogP contribution in [0.4, 0.5) is 0 Å². The van der Waals surface area contributed by atoms with E-state index in [1.807, 2.05) is 43.3 Å². The van der Waals surface area contributed by atoms with Gasteiger partial charge in [-0.05, 0) is 24.1 Å². The molecule has 2 aromatic carbocycles. The van der Waals surface area contributed by atoms with Crippen molar-refractivity contribution < 1.29 is 9.47 Å². The van der Waals surface area contributed by atoms with E-state index in [0.29, 0.717) is 27.9 Å². The highest BCUT2D eigenvalue weighted by molar-refractivity contribution is 6.05. The summed E-state index contributed by atoms with van der Waals surface area (Å²) in [5.74, 6) is 1.01. The maximum atomic E-state index is 12.9. The number of nitrogens with zero attached hydrogens (tertiary/aromatic N) is 2. The first kappa shape index (κ1) is 19.3. The minimum absolute atomic E-state index is 0.238. The fourth-order valence-electron chi connectivity index (χ4n) is 3.27. The normalized spacial score (nSPS) is 12.2. The molecule has 0 unspecified atom stereocenters. The third-order valence-corrected chi connectivity index (χ3v) is 4.70. The molecule has 2 aromatic heterocycles. The molecule has 8 heteroatoms. The summed E-state index contributed by atoms with van der Waals surface area (Å²) in [6.07, 6.45) is 3.38. The highest BCUT2D eigenvalue weighted by atomic mass is 16.5. The maximum absolute atomic E-state index is 12.9. The quantitative estimate of drug-likeness (QED) is 0.499. The minimum atomic E-state index is -0.632. The minimum Gasteiger partial charge on any atom is -0.493 e. The SMILES string of the molecule is COc1cc2[nH]c3c(=O)n(/N=C\C(C)=C\c4ccccc4)c(=O)[nH]c3c2cc1OC. The Kier molecular flexibility index (Phi) is 4.97. The first-order chi connectivity index (χ1) is 14.5. The molecule has 2 heterocycles. The molecule has 0 aliphatic carbocycles. The summed E-state index contributed by atoms with van der Waals surface area (Å²) in [4.78, 5) is 31.2. The van der Waals surface area contributed by atoms with Gasteiger partial charge in [0, 0.05) is 11.5 Å². The van der Waals surface area contributed by atoms with Crippen molar-refractivity contribution in [2.75, 3.05) is 14.2 Å². The summed E-state index contributed by atoms with van der Waals surface area (Å²) in [5, 5.41) is 4.73. The molecule has 0 aliphatic rings. The second-order valence-corrected chi connectivity index (χ2v) is 6.72. The molecule has 0 amide bonds. The van der Waals surface area contributed by atoms with Crippen LogP contribution >= 0.6 is 0 Å². The highest BCUT2D eigenvalue weighted by Gasteiger charge is 2.15. The fraction of sp³-hybridized carbons (Fsp3) is 0.136. The number of aromatic amines is 2. The molecule has 8 nitrogen and oxygen atoms in total. The zero-order valence-corrected chi connectivity index (χ0v) is 16.7. The van der Waals surface area contributed by atoms with Gasteiger partial charge in [-0.25, -0.2) is 4.79 Å². The van der Waals surface area contributed by atoms with Crippen LogP contribution in [-0.2, 0) is 0 Å². The van der Waals surface area contributed by atoms with Crippen LogP contribution in [0.25, 0.3) is 28.0 Å². The van der Waals surface area contributed by atoms with E-state index in [4.69, 9.17) is 9.47 Å². The standard InChI is InChI=1S/C22H20N4O4/c1-13(9-14-7-5-4-6-8-14)12-23-26-21(27)20-19(25-22(26)28)15-10-17(29-2)18(30-3)11-16(15)24-20/h4-12,24H,1-3H3,(H,25,28)/b13-9+,23-12-. The zero-order chi connectivity index (χ0) is 21.3. The molecule has 0 saturated heterocycles. The molecule has 0 saturated carbocycles. The Bertz CT molecular complexity index is 1410. The lowest BCUT2D eigenvalue weighted by atomic mass is 10.1. The summed E-state index contributed by atoms with van der Waals surface area (Å²) in [6, 6.07) is 13.1. The lowest BCUT2D eigenvalue weighted by Gasteiger charge is -2.06. The number of rotatable bonds is 5. The Morgan fingerprint density at radius 1 is 1.00 bits per heavy atom. The van der Waals surface area contributed by atoms with Crippen molar-refractivity contribution in [1.29, 1.82) is 0 Å². The average Bonchev–Trinajstić information content (AvgIpc) is 3.10. The summed E-state index contributed by atoms with van der Waals surface area (Å²) in [5.41, 5.74) is 1.87. The Morgan fingerprint density at radius 2 is 1.70 bits per heavy atom. The van der Waals surface area contributed by atoms with E-state index in [-0.39, 0.29) is 5.52 Å². The lowest BCUT2D eigenvalue weighted by molar-refractivity contribution is 0.356. The van der Waals surface area contributed by atoms with Crippen LogP contribution in [0.1, 0.15) is 12.5 Å². The first-order valence-corrected chi connectivity index (χ1v) is 9.22. The van der Waals surface area contributed by atoms with E-state index in [0.717, 1.165) is 15.8 Å². The van der Waals surface area contributed by atoms with Gasteiger partial charge in [0.15, 0.2) is 11.5 Å². The molecule has 30 heavy (non-hydrogen) atoms. The zero-order valence-electron chi connectivity index (χ0n) is 16.7. The van der Waals surface area contributed by atoms with Crippen LogP contribution in [0.15, 0.2) is 62.7 Å². The molecule has 2 N–H and O–H groups in total. The second-order valence-electron chi connectivity index (χ2n) is 6.72. The molecule has 0 radical (unpaired) electrons. The summed E-state index contributed by atoms with van der Waals surface area (Å²) in [6.45, 7) is 1.84. The van der Waals surface area contributed by atoms with Crippen molar-refractivity contribution >= 4 is 34.2 Å². The number of nitrogens with one attached hydrogen (secondary N) is 2. The predicted octanol–water partition coefficient (Wildman–Crippen LogP) is 3.13. The van der Waals surface area contributed by atoms with Crippen LogP contribution in [0.5, 0.6) is 11.5 Å². The van der Waals surface area contributed by atoms with Gasteiger partial charge >= 0.3 is 11.2 Å². The number of aromatic nitrogens is 3. The largest absolute Gasteiger partial charge is 0.493 e. The van der Waals surface area contributed by atoms with Crippen LogP contribution in [0.3, 0.4) is 0 Å². The van der Waals surface area contributed by atoms with E-state index in [9.17, 15) is 9.59 Å². The van der Waals surface area contributed by atoms with Gasteiger partial charge in [-0.2, -0.15) is 5.10 Å². The van der Waals surface area contributed by atoms with Crippen LogP contribution in [0.2, 0.25) is 0 Å². The van der Waals surface area contributed by atoms with Crippen molar-refractivity contribution in [1.82, 2.24) is 14.6 Å². The van der Waals surface area contributed by atoms with Crippen LogP contribution < -0.4 is 20.7 Å².